The Kier molecular flexibility index (Phi) is 6.58. The van der Waals surface area contributed by atoms with E-state index in [1.807, 2.05) is 18.2 Å². The summed E-state index contributed by atoms with van der Waals surface area (Å²) in [6.07, 6.45) is -0.299. The number of fused-ring (bicyclic) bond motifs is 9. The zero-order chi connectivity index (χ0) is 34.9. The number of aromatic nitrogens is 1. The Bertz CT molecular complexity index is 3060. The average Bonchev–Trinajstić information content (AvgIpc) is 3.59. The third-order valence-electron chi connectivity index (χ3n) is 10.8. The zero-order valence-electron chi connectivity index (χ0n) is 28.7. The van der Waals surface area contributed by atoms with Crippen molar-refractivity contribution in [3.63, 3.8) is 0 Å². The molecule has 1 atom stereocenters. The van der Waals surface area contributed by atoms with E-state index in [0.717, 1.165) is 39.4 Å². The lowest BCUT2D eigenvalue weighted by Gasteiger charge is -2.24. The molecule has 1 aliphatic rings. The van der Waals surface area contributed by atoms with E-state index in [-0.39, 0.29) is 6.17 Å². The van der Waals surface area contributed by atoms with Crippen LogP contribution in [-0.4, -0.2) is 16.2 Å². The minimum absolute atomic E-state index is 0.299. The van der Waals surface area contributed by atoms with Crippen molar-refractivity contribution in [2.24, 2.45) is 9.98 Å². The molecule has 4 nitrogen and oxygen atoms in total. The van der Waals surface area contributed by atoms with Crippen molar-refractivity contribution in [2.75, 3.05) is 0 Å². The van der Waals surface area contributed by atoms with Crippen LogP contribution in [0.5, 0.6) is 0 Å². The monoisotopic (exact) mass is 676 g/mol. The molecule has 1 aromatic heterocycles. The fraction of sp³-hybridized carbons (Fsp3) is 0.0204. The zero-order valence-corrected chi connectivity index (χ0v) is 28.7. The number of amidine groups is 2. The van der Waals surface area contributed by atoms with Crippen LogP contribution in [0.1, 0.15) is 22.9 Å². The normalized spacial score (nSPS) is 14.6. The highest BCUT2D eigenvalue weighted by Crippen LogP contribution is 2.41. The van der Waals surface area contributed by atoms with E-state index in [1.54, 1.807) is 0 Å². The Morgan fingerprint density at radius 2 is 1.00 bits per heavy atom. The van der Waals surface area contributed by atoms with Gasteiger partial charge >= 0.3 is 0 Å². The van der Waals surface area contributed by atoms with Crippen molar-refractivity contribution in [1.29, 1.82) is 0 Å². The largest absolute Gasteiger partial charge is 0.344 e. The molecule has 1 aliphatic heterocycles. The third kappa shape index (κ3) is 4.84. The summed E-state index contributed by atoms with van der Waals surface area (Å²) in [5, 5.41) is 16.0. The highest BCUT2D eigenvalue weighted by atomic mass is 15.2. The number of nitrogens with zero attached hydrogens (tertiary/aromatic N) is 3. The molecule has 0 fully saturated rings. The van der Waals surface area contributed by atoms with Crippen LogP contribution in [-0.2, 0) is 0 Å². The Morgan fingerprint density at radius 1 is 0.434 bits per heavy atom. The summed E-state index contributed by atoms with van der Waals surface area (Å²) in [7, 11) is 0. The van der Waals surface area contributed by atoms with Crippen LogP contribution >= 0.6 is 0 Å². The Morgan fingerprint density at radius 3 is 1.74 bits per heavy atom. The first-order chi connectivity index (χ1) is 26.2. The number of rotatable bonds is 4. The summed E-state index contributed by atoms with van der Waals surface area (Å²) in [5.74, 6) is 1.54. The topological polar surface area (TPSA) is 41.7 Å². The summed E-state index contributed by atoms with van der Waals surface area (Å²) in [6, 6.07) is 65.2. The predicted molar refractivity (Wildman–Crippen MR) is 223 cm³/mol. The quantitative estimate of drug-likeness (QED) is 0.198. The van der Waals surface area contributed by atoms with E-state index in [9.17, 15) is 0 Å². The van der Waals surface area contributed by atoms with Crippen molar-refractivity contribution in [1.82, 2.24) is 9.88 Å². The van der Waals surface area contributed by atoms with Gasteiger partial charge in [-0.25, -0.2) is 9.98 Å². The van der Waals surface area contributed by atoms with Crippen LogP contribution in [0.2, 0.25) is 0 Å². The highest BCUT2D eigenvalue weighted by molar-refractivity contribution is 6.28. The Hall–Kier alpha value is -7.04. The van der Waals surface area contributed by atoms with Gasteiger partial charge in [0.2, 0.25) is 0 Å². The Balaban J connectivity index is 1.04. The van der Waals surface area contributed by atoms with Crippen LogP contribution in [0, 0.1) is 0 Å². The molecule has 0 saturated carbocycles. The van der Waals surface area contributed by atoms with Crippen molar-refractivity contribution >= 4 is 76.6 Å². The average molecular weight is 677 g/mol. The van der Waals surface area contributed by atoms with Crippen LogP contribution in [0.3, 0.4) is 0 Å². The lowest BCUT2D eigenvalue weighted by atomic mass is 10.00. The van der Waals surface area contributed by atoms with Crippen molar-refractivity contribution in [2.45, 2.75) is 6.17 Å². The molecular weight excluding hydrogens is 645 g/mol. The molecule has 9 aromatic carbocycles. The SMILES string of the molecule is c1ccc(C2=NC(c3ccc4ccccc4c3)=NC(c3ccc4cc(-n5c6ccc7ccccc7c6c6c7ccccc7ccc65)ccc4c3)N2)cc1. The fourth-order valence-electron chi connectivity index (χ4n) is 8.21. The molecule has 53 heavy (non-hydrogen) atoms. The second-order valence-corrected chi connectivity index (χ2v) is 13.9. The summed E-state index contributed by atoms with van der Waals surface area (Å²) in [6.45, 7) is 0. The maximum Gasteiger partial charge on any atom is 0.159 e. The van der Waals surface area contributed by atoms with E-state index < -0.39 is 0 Å². The van der Waals surface area contributed by atoms with Crippen LogP contribution < -0.4 is 5.32 Å². The smallest absolute Gasteiger partial charge is 0.159 e. The number of aliphatic imine (C=N–C) groups is 2. The first-order valence-corrected chi connectivity index (χ1v) is 18.1. The molecule has 4 heteroatoms. The highest BCUT2D eigenvalue weighted by Gasteiger charge is 2.22. The molecule has 10 aromatic rings. The van der Waals surface area contributed by atoms with Crippen molar-refractivity contribution < 1.29 is 0 Å². The lowest BCUT2D eigenvalue weighted by Crippen LogP contribution is -2.33. The first kappa shape index (κ1) is 29.7. The number of nitrogens with one attached hydrogen (secondary N) is 1. The van der Waals surface area contributed by atoms with Gasteiger partial charge in [-0.15, -0.1) is 0 Å². The van der Waals surface area contributed by atoms with E-state index in [0.29, 0.717) is 0 Å². The first-order valence-electron chi connectivity index (χ1n) is 18.1. The van der Waals surface area contributed by atoms with Gasteiger partial charge in [-0.1, -0.05) is 146 Å². The van der Waals surface area contributed by atoms with Crippen molar-refractivity contribution in [3.8, 4) is 5.69 Å². The number of benzene rings is 9. The fourth-order valence-corrected chi connectivity index (χ4v) is 8.21. The van der Waals surface area contributed by atoms with E-state index in [1.165, 1.54) is 59.5 Å². The van der Waals surface area contributed by atoms with Gasteiger partial charge in [-0.3, -0.25) is 0 Å². The van der Waals surface area contributed by atoms with Gasteiger partial charge in [0, 0.05) is 27.6 Å². The van der Waals surface area contributed by atoms with E-state index in [4.69, 9.17) is 9.98 Å². The second-order valence-electron chi connectivity index (χ2n) is 13.9. The minimum Gasteiger partial charge on any atom is -0.344 e. The lowest BCUT2D eigenvalue weighted by molar-refractivity contribution is 0.675. The van der Waals surface area contributed by atoms with Gasteiger partial charge in [0.05, 0.1) is 11.0 Å². The van der Waals surface area contributed by atoms with Gasteiger partial charge < -0.3 is 9.88 Å². The summed E-state index contributed by atoms with van der Waals surface area (Å²) >= 11 is 0. The Labute approximate surface area is 306 Å². The molecule has 0 radical (unpaired) electrons. The summed E-state index contributed by atoms with van der Waals surface area (Å²) < 4.78 is 2.43. The molecule has 1 N–H and O–H groups in total. The molecular formula is C49H32N4. The minimum atomic E-state index is -0.299. The van der Waals surface area contributed by atoms with E-state index >= 15 is 0 Å². The van der Waals surface area contributed by atoms with Crippen molar-refractivity contribution in [3.05, 3.63) is 199 Å². The molecule has 11 rings (SSSR count). The number of hydrogen-bond donors (Lipinski definition) is 1. The number of hydrogen-bond acceptors (Lipinski definition) is 3. The molecule has 0 bridgehead atoms. The maximum absolute atomic E-state index is 5.20. The second kappa shape index (κ2) is 11.8. The summed E-state index contributed by atoms with van der Waals surface area (Å²) in [5.41, 5.74) is 6.67. The molecule has 0 spiro atoms. The van der Waals surface area contributed by atoms with Gasteiger partial charge in [0.15, 0.2) is 5.84 Å². The van der Waals surface area contributed by atoms with Crippen LogP contribution in [0.4, 0.5) is 0 Å². The van der Waals surface area contributed by atoms with Gasteiger partial charge in [0.1, 0.15) is 12.0 Å². The van der Waals surface area contributed by atoms with Gasteiger partial charge in [0.25, 0.3) is 0 Å². The van der Waals surface area contributed by atoms with Gasteiger partial charge in [-0.05, 0) is 85.1 Å². The molecule has 1 unspecified atom stereocenters. The molecule has 0 amide bonds. The standard InChI is InChI=1S/C49H32N4/c1-2-13-34(14-3-1)47-50-48(38-20-18-31-10-4-5-15-35(31)28-38)52-49(51-47)39-21-19-37-30-40(25-22-36(37)29-39)53-43-26-23-32-11-6-8-16-41(32)45(43)46-42-17-9-7-12-33(42)24-27-44(46)53/h1-30,49H,(H,50,51,52). The van der Waals surface area contributed by atoms with Crippen LogP contribution in [0.25, 0.3) is 70.6 Å². The molecule has 248 valence electrons. The predicted octanol–water partition coefficient (Wildman–Crippen LogP) is 11.9. The maximum atomic E-state index is 5.20. The summed E-state index contributed by atoms with van der Waals surface area (Å²) in [4.78, 5) is 10.2. The molecule has 0 saturated heterocycles. The molecule has 2 heterocycles. The van der Waals surface area contributed by atoms with Crippen LogP contribution in [0.15, 0.2) is 192 Å². The molecule has 0 aliphatic carbocycles. The van der Waals surface area contributed by atoms with E-state index in [2.05, 4.69) is 174 Å². The van der Waals surface area contributed by atoms with Gasteiger partial charge in [-0.2, -0.15) is 0 Å². The third-order valence-corrected chi connectivity index (χ3v) is 10.8.